The van der Waals surface area contributed by atoms with E-state index in [9.17, 15) is 27.9 Å². The molecular weight excluding hydrogens is 243 g/mol. The molecule has 0 unspecified atom stereocenters. The summed E-state index contributed by atoms with van der Waals surface area (Å²) >= 11 is 0. The zero-order valence-electron chi connectivity index (χ0n) is 8.37. The summed E-state index contributed by atoms with van der Waals surface area (Å²) in [6.07, 6.45) is -4.42. The van der Waals surface area contributed by atoms with Crippen LogP contribution in [0.2, 0.25) is 0 Å². The van der Waals surface area contributed by atoms with E-state index in [1.165, 1.54) is 0 Å². The van der Waals surface area contributed by atoms with Crippen molar-refractivity contribution in [2.24, 2.45) is 0 Å². The molecule has 0 saturated heterocycles. The van der Waals surface area contributed by atoms with Gasteiger partial charge in [-0.3, -0.25) is 4.98 Å². The van der Waals surface area contributed by atoms with Crippen molar-refractivity contribution < 1.29 is 32.6 Å². The lowest BCUT2D eigenvalue weighted by molar-refractivity contribution is -0.255. The van der Waals surface area contributed by atoms with Gasteiger partial charge in [-0.1, -0.05) is 0 Å². The minimum absolute atomic E-state index is 0.463. The molecule has 0 bridgehead atoms. The highest BCUT2D eigenvalue weighted by molar-refractivity contribution is 5.94. The molecule has 0 atom stereocenters. The number of carbonyl (C=O) groups excluding carboxylic acids is 2. The molecule has 0 N–H and O–H groups in total. The van der Waals surface area contributed by atoms with Crippen molar-refractivity contribution in [2.45, 2.75) is 6.18 Å². The Kier molecular flexibility index (Phi) is 3.35. The number of carboxylic acid groups (broad SMARTS) is 1. The van der Waals surface area contributed by atoms with Crippen LogP contribution in [-0.4, -0.2) is 24.0 Å². The summed E-state index contributed by atoms with van der Waals surface area (Å²) in [5.41, 5.74) is -3.12. The Morgan fingerprint density at radius 1 is 1.41 bits per heavy atom. The Morgan fingerprint density at radius 2 is 2.00 bits per heavy atom. The van der Waals surface area contributed by atoms with Crippen LogP contribution in [0, 0.1) is 0 Å². The van der Waals surface area contributed by atoms with Crippen LogP contribution < -0.4 is 5.11 Å². The third-order valence-corrected chi connectivity index (χ3v) is 1.80. The number of carbonyl (C=O) groups is 2. The van der Waals surface area contributed by atoms with Gasteiger partial charge in [-0.05, 0) is 6.07 Å². The Hall–Kier alpha value is -2.12. The Bertz CT molecular complexity index is 470. The van der Waals surface area contributed by atoms with Crippen LogP contribution in [0.1, 0.15) is 26.4 Å². The van der Waals surface area contributed by atoms with Gasteiger partial charge >= 0.3 is 12.1 Å². The van der Waals surface area contributed by atoms with Crippen LogP contribution >= 0.6 is 0 Å². The first-order chi connectivity index (χ1) is 7.77. The summed E-state index contributed by atoms with van der Waals surface area (Å²) in [7, 11) is 0.869. The molecule has 1 aromatic heterocycles. The van der Waals surface area contributed by atoms with E-state index in [4.69, 9.17) is 0 Å². The molecule has 0 saturated carbocycles. The summed E-state index contributed by atoms with van der Waals surface area (Å²) < 4.78 is 41.4. The molecule has 17 heavy (non-hydrogen) atoms. The maximum Gasteiger partial charge on any atom is 0.434 e. The standard InChI is InChI=1S/C9H6F3NO4/c1-17-8(16)5-2-4(7(14)15)3-13-6(5)9(10,11)12/h2-3H,1H3,(H,14,15)/p-1. The second-order valence-electron chi connectivity index (χ2n) is 2.90. The Balaban J connectivity index is 3.42. The van der Waals surface area contributed by atoms with Gasteiger partial charge in [0.05, 0.1) is 18.6 Å². The number of rotatable bonds is 2. The van der Waals surface area contributed by atoms with Crippen LogP contribution in [0.5, 0.6) is 0 Å². The highest BCUT2D eigenvalue weighted by atomic mass is 19.4. The van der Waals surface area contributed by atoms with Crippen molar-refractivity contribution in [2.75, 3.05) is 7.11 Å². The second-order valence-corrected chi connectivity index (χ2v) is 2.90. The van der Waals surface area contributed by atoms with Crippen LogP contribution in [0.3, 0.4) is 0 Å². The highest BCUT2D eigenvalue weighted by Gasteiger charge is 2.37. The van der Waals surface area contributed by atoms with Gasteiger partial charge in [0.25, 0.3) is 0 Å². The number of hydrogen-bond acceptors (Lipinski definition) is 5. The zero-order chi connectivity index (χ0) is 13.2. The Labute approximate surface area is 92.8 Å². The number of carboxylic acids is 1. The number of aromatic nitrogens is 1. The zero-order valence-corrected chi connectivity index (χ0v) is 8.37. The number of nitrogens with zero attached hydrogens (tertiary/aromatic N) is 1. The van der Waals surface area contributed by atoms with Crippen molar-refractivity contribution in [3.05, 3.63) is 29.1 Å². The van der Waals surface area contributed by atoms with Gasteiger partial charge in [-0.2, -0.15) is 13.2 Å². The van der Waals surface area contributed by atoms with Gasteiger partial charge in [0, 0.05) is 11.8 Å². The van der Waals surface area contributed by atoms with Crippen molar-refractivity contribution >= 4 is 11.9 Å². The average molecular weight is 248 g/mol. The Morgan fingerprint density at radius 3 is 2.41 bits per heavy atom. The van der Waals surface area contributed by atoms with E-state index in [0.717, 1.165) is 7.11 Å². The fourth-order valence-corrected chi connectivity index (χ4v) is 1.07. The molecule has 1 aromatic rings. The van der Waals surface area contributed by atoms with E-state index in [0.29, 0.717) is 12.3 Å². The van der Waals surface area contributed by atoms with E-state index in [1.54, 1.807) is 0 Å². The van der Waals surface area contributed by atoms with Crippen molar-refractivity contribution in [3.8, 4) is 0 Å². The normalized spacial score (nSPS) is 11.1. The van der Waals surface area contributed by atoms with E-state index in [-0.39, 0.29) is 0 Å². The molecule has 92 valence electrons. The van der Waals surface area contributed by atoms with Crippen LogP contribution in [0.15, 0.2) is 12.3 Å². The lowest BCUT2D eigenvalue weighted by Gasteiger charge is -2.12. The van der Waals surface area contributed by atoms with Gasteiger partial charge in [0.2, 0.25) is 0 Å². The number of hydrogen-bond donors (Lipinski definition) is 0. The molecule has 0 aliphatic carbocycles. The lowest BCUT2D eigenvalue weighted by Crippen LogP contribution is -2.24. The molecule has 0 amide bonds. The van der Waals surface area contributed by atoms with Crippen molar-refractivity contribution in [1.82, 2.24) is 4.98 Å². The summed E-state index contributed by atoms with van der Waals surface area (Å²) in [6.45, 7) is 0. The minimum atomic E-state index is -4.88. The summed E-state index contributed by atoms with van der Waals surface area (Å²) in [5.74, 6) is -3.07. The molecule has 0 radical (unpaired) electrons. The lowest BCUT2D eigenvalue weighted by atomic mass is 10.1. The largest absolute Gasteiger partial charge is 0.545 e. The summed E-state index contributed by atoms with van der Waals surface area (Å²) in [5, 5.41) is 10.4. The third kappa shape index (κ3) is 2.71. The van der Waals surface area contributed by atoms with E-state index >= 15 is 0 Å². The molecule has 0 aromatic carbocycles. The molecule has 1 heterocycles. The van der Waals surface area contributed by atoms with Gasteiger partial charge in [-0.15, -0.1) is 0 Å². The number of ether oxygens (including phenoxy) is 1. The quantitative estimate of drug-likeness (QED) is 0.701. The van der Waals surface area contributed by atoms with Gasteiger partial charge in [0.15, 0.2) is 5.69 Å². The van der Waals surface area contributed by atoms with Gasteiger partial charge in [0.1, 0.15) is 0 Å². The first-order valence-corrected chi connectivity index (χ1v) is 4.14. The second kappa shape index (κ2) is 4.40. The number of aromatic carboxylic acids is 1. The maximum atomic E-state index is 12.4. The SMILES string of the molecule is COC(=O)c1cc(C(=O)[O-])cnc1C(F)(F)F. The number of halogens is 3. The number of esters is 1. The third-order valence-electron chi connectivity index (χ3n) is 1.80. The van der Waals surface area contributed by atoms with E-state index in [2.05, 4.69) is 9.72 Å². The molecule has 0 fully saturated rings. The fourth-order valence-electron chi connectivity index (χ4n) is 1.07. The molecule has 8 heteroatoms. The monoisotopic (exact) mass is 248 g/mol. The van der Waals surface area contributed by atoms with Crippen LogP contribution in [0.4, 0.5) is 13.2 Å². The van der Waals surface area contributed by atoms with Gasteiger partial charge in [-0.25, -0.2) is 4.79 Å². The predicted octanol–water partition coefficient (Wildman–Crippen LogP) is 0.250. The topological polar surface area (TPSA) is 79.3 Å². The molecule has 1 rings (SSSR count). The number of pyridine rings is 1. The summed E-state index contributed by atoms with van der Waals surface area (Å²) in [6, 6.07) is 0.511. The first kappa shape index (κ1) is 12.9. The van der Waals surface area contributed by atoms with E-state index < -0.39 is 34.9 Å². The smallest absolute Gasteiger partial charge is 0.434 e. The minimum Gasteiger partial charge on any atom is -0.545 e. The molecule has 0 spiro atoms. The molecular formula is C9H5F3NO4-. The van der Waals surface area contributed by atoms with E-state index in [1.807, 2.05) is 0 Å². The van der Waals surface area contributed by atoms with Gasteiger partial charge < -0.3 is 14.6 Å². The van der Waals surface area contributed by atoms with Crippen molar-refractivity contribution in [3.63, 3.8) is 0 Å². The molecule has 0 aliphatic heterocycles. The maximum absolute atomic E-state index is 12.4. The van der Waals surface area contributed by atoms with Crippen LogP contribution in [-0.2, 0) is 10.9 Å². The van der Waals surface area contributed by atoms with Crippen LogP contribution in [0.25, 0.3) is 0 Å². The fraction of sp³-hybridized carbons (Fsp3) is 0.222. The number of methoxy groups -OCH3 is 1. The first-order valence-electron chi connectivity index (χ1n) is 4.14. The number of alkyl halides is 3. The highest BCUT2D eigenvalue weighted by Crippen LogP contribution is 2.30. The molecule has 0 aliphatic rings. The predicted molar refractivity (Wildman–Crippen MR) is 44.9 cm³/mol. The van der Waals surface area contributed by atoms with Crippen molar-refractivity contribution in [1.29, 1.82) is 0 Å². The summed E-state index contributed by atoms with van der Waals surface area (Å²) in [4.78, 5) is 24.4. The average Bonchev–Trinajstić information content (AvgIpc) is 2.25. The molecule has 5 nitrogen and oxygen atoms in total.